The lowest BCUT2D eigenvalue weighted by Gasteiger charge is -2.27. The maximum atomic E-state index is 6.21. The molecule has 0 aliphatic heterocycles. The van der Waals surface area contributed by atoms with E-state index in [1.165, 1.54) is 5.56 Å². The van der Waals surface area contributed by atoms with E-state index < -0.39 is 0 Å². The van der Waals surface area contributed by atoms with Crippen molar-refractivity contribution in [3.05, 3.63) is 28.8 Å². The summed E-state index contributed by atoms with van der Waals surface area (Å²) < 4.78 is 6.15. The zero-order valence-corrected chi connectivity index (χ0v) is 13.8. The number of hydrogen-bond acceptors (Lipinski definition) is 1. The molecule has 1 aromatic rings. The lowest BCUT2D eigenvalue weighted by atomic mass is 9.87. The Labute approximate surface area is 123 Å². The summed E-state index contributed by atoms with van der Waals surface area (Å²) in [5.41, 5.74) is 1.52. The number of ether oxygens (including phenoxy) is 1. The zero-order valence-electron chi connectivity index (χ0n) is 13.1. The molecule has 0 fully saturated rings. The van der Waals surface area contributed by atoms with Crippen LogP contribution in [0, 0.1) is 18.3 Å². The van der Waals surface area contributed by atoms with Gasteiger partial charge in [-0.1, -0.05) is 52.3 Å². The first-order chi connectivity index (χ1) is 8.69. The van der Waals surface area contributed by atoms with E-state index in [4.69, 9.17) is 16.3 Å². The highest BCUT2D eigenvalue weighted by Gasteiger charge is 2.20. The Morgan fingerprint density at radius 3 is 2.37 bits per heavy atom. The predicted molar refractivity (Wildman–Crippen MR) is 84.1 cm³/mol. The van der Waals surface area contributed by atoms with Gasteiger partial charge < -0.3 is 4.74 Å². The van der Waals surface area contributed by atoms with Crippen LogP contribution in [0.4, 0.5) is 0 Å². The number of rotatable bonds is 5. The highest BCUT2D eigenvalue weighted by atomic mass is 35.5. The minimum atomic E-state index is 0.221. The van der Waals surface area contributed by atoms with Crippen LogP contribution < -0.4 is 4.74 Å². The van der Waals surface area contributed by atoms with Gasteiger partial charge in [-0.05, 0) is 48.8 Å². The van der Waals surface area contributed by atoms with Gasteiger partial charge in [0.25, 0.3) is 0 Å². The van der Waals surface area contributed by atoms with Crippen LogP contribution in [0.25, 0.3) is 0 Å². The molecule has 0 aliphatic carbocycles. The molecule has 0 radical (unpaired) electrons. The molecule has 0 amide bonds. The van der Waals surface area contributed by atoms with Crippen LogP contribution in [0.5, 0.6) is 5.75 Å². The Balaban J connectivity index is 2.75. The van der Waals surface area contributed by atoms with Crippen LogP contribution in [-0.4, -0.2) is 6.10 Å². The van der Waals surface area contributed by atoms with Gasteiger partial charge in [0.05, 0.1) is 5.02 Å². The molecule has 0 N–H and O–H groups in total. The molecular formula is C17H27ClO. The van der Waals surface area contributed by atoms with E-state index in [1.807, 2.05) is 18.2 Å². The SMILES string of the molecule is Cc1ccc(Cl)c(OC(CCC(C)(C)C)C(C)C)c1. The molecule has 1 unspecified atom stereocenters. The highest BCUT2D eigenvalue weighted by Crippen LogP contribution is 2.30. The van der Waals surface area contributed by atoms with Gasteiger partial charge in [-0.3, -0.25) is 0 Å². The van der Waals surface area contributed by atoms with Crippen molar-refractivity contribution in [2.24, 2.45) is 11.3 Å². The van der Waals surface area contributed by atoms with Gasteiger partial charge in [-0.2, -0.15) is 0 Å². The van der Waals surface area contributed by atoms with Gasteiger partial charge in [0.1, 0.15) is 11.9 Å². The lowest BCUT2D eigenvalue weighted by Crippen LogP contribution is -2.25. The van der Waals surface area contributed by atoms with Crippen LogP contribution in [0.3, 0.4) is 0 Å². The minimum Gasteiger partial charge on any atom is -0.489 e. The first-order valence-electron chi connectivity index (χ1n) is 7.12. The predicted octanol–water partition coefficient (Wildman–Crippen LogP) is 5.88. The standard InChI is InChI=1S/C17H27ClO/c1-12(2)15(9-10-17(4,5)6)19-16-11-13(3)7-8-14(16)18/h7-8,11-12,15H,9-10H2,1-6H3. The van der Waals surface area contributed by atoms with Crippen LogP contribution in [0.15, 0.2) is 18.2 Å². The molecule has 1 atom stereocenters. The van der Waals surface area contributed by atoms with Gasteiger partial charge in [0.2, 0.25) is 0 Å². The molecule has 0 heterocycles. The average molecular weight is 283 g/mol. The number of hydrogen-bond donors (Lipinski definition) is 0. The molecule has 1 rings (SSSR count). The van der Waals surface area contributed by atoms with E-state index in [-0.39, 0.29) is 6.10 Å². The summed E-state index contributed by atoms with van der Waals surface area (Å²) in [6, 6.07) is 5.94. The van der Waals surface area contributed by atoms with Crippen molar-refractivity contribution in [3.8, 4) is 5.75 Å². The summed E-state index contributed by atoms with van der Waals surface area (Å²) in [4.78, 5) is 0. The third-order valence-electron chi connectivity index (χ3n) is 3.29. The fourth-order valence-electron chi connectivity index (χ4n) is 1.97. The average Bonchev–Trinajstić information content (AvgIpc) is 2.27. The largest absolute Gasteiger partial charge is 0.489 e. The summed E-state index contributed by atoms with van der Waals surface area (Å²) in [5.74, 6) is 1.30. The second-order valence-electron chi connectivity index (χ2n) is 6.93. The van der Waals surface area contributed by atoms with Crippen molar-refractivity contribution in [2.75, 3.05) is 0 Å². The van der Waals surface area contributed by atoms with Crippen molar-refractivity contribution in [1.82, 2.24) is 0 Å². The van der Waals surface area contributed by atoms with E-state index in [1.54, 1.807) is 0 Å². The summed E-state index contributed by atoms with van der Waals surface area (Å²) in [6.45, 7) is 13.3. The Hall–Kier alpha value is -0.690. The van der Waals surface area contributed by atoms with E-state index >= 15 is 0 Å². The monoisotopic (exact) mass is 282 g/mol. The van der Waals surface area contributed by atoms with E-state index in [0.29, 0.717) is 16.4 Å². The van der Waals surface area contributed by atoms with E-state index in [0.717, 1.165) is 18.6 Å². The van der Waals surface area contributed by atoms with Gasteiger partial charge >= 0.3 is 0 Å². The smallest absolute Gasteiger partial charge is 0.138 e. The van der Waals surface area contributed by atoms with Crippen molar-refractivity contribution in [2.45, 2.75) is 60.5 Å². The Kier molecular flexibility index (Phi) is 5.73. The molecular weight excluding hydrogens is 256 g/mol. The molecule has 0 saturated carbocycles. The first-order valence-corrected chi connectivity index (χ1v) is 7.49. The summed E-state index contributed by atoms with van der Waals surface area (Å²) in [5, 5.41) is 0.701. The zero-order chi connectivity index (χ0) is 14.6. The van der Waals surface area contributed by atoms with E-state index in [2.05, 4.69) is 41.5 Å². The molecule has 0 bridgehead atoms. The normalized spacial score (nSPS) is 13.7. The second-order valence-corrected chi connectivity index (χ2v) is 7.34. The quantitative estimate of drug-likeness (QED) is 0.655. The highest BCUT2D eigenvalue weighted by molar-refractivity contribution is 6.32. The number of halogens is 1. The van der Waals surface area contributed by atoms with Gasteiger partial charge in [0, 0.05) is 0 Å². The maximum absolute atomic E-state index is 6.21. The number of benzene rings is 1. The van der Waals surface area contributed by atoms with Crippen molar-refractivity contribution in [1.29, 1.82) is 0 Å². The van der Waals surface area contributed by atoms with Crippen LogP contribution in [0.2, 0.25) is 5.02 Å². The molecule has 0 aromatic heterocycles. The van der Waals surface area contributed by atoms with Crippen LogP contribution in [0.1, 0.15) is 53.0 Å². The summed E-state index contributed by atoms with van der Waals surface area (Å²) in [6.07, 6.45) is 2.43. The Morgan fingerprint density at radius 2 is 1.84 bits per heavy atom. The maximum Gasteiger partial charge on any atom is 0.138 e. The molecule has 0 saturated heterocycles. The topological polar surface area (TPSA) is 9.23 Å². The Bertz CT molecular complexity index is 404. The molecule has 0 aliphatic rings. The van der Waals surface area contributed by atoms with Crippen molar-refractivity contribution < 1.29 is 4.74 Å². The fourth-order valence-corrected chi connectivity index (χ4v) is 2.13. The Morgan fingerprint density at radius 1 is 1.21 bits per heavy atom. The first kappa shape index (κ1) is 16.4. The van der Waals surface area contributed by atoms with E-state index in [9.17, 15) is 0 Å². The van der Waals surface area contributed by atoms with Crippen molar-refractivity contribution in [3.63, 3.8) is 0 Å². The molecule has 108 valence electrons. The molecule has 1 nitrogen and oxygen atoms in total. The minimum absolute atomic E-state index is 0.221. The van der Waals surface area contributed by atoms with Crippen LogP contribution >= 0.6 is 11.6 Å². The third kappa shape index (κ3) is 5.86. The van der Waals surface area contributed by atoms with Gasteiger partial charge in [0.15, 0.2) is 0 Å². The third-order valence-corrected chi connectivity index (χ3v) is 3.60. The van der Waals surface area contributed by atoms with Crippen molar-refractivity contribution >= 4 is 11.6 Å². The second kappa shape index (κ2) is 6.65. The fraction of sp³-hybridized carbons (Fsp3) is 0.647. The number of aryl methyl sites for hydroxylation is 1. The molecule has 1 aromatic carbocycles. The van der Waals surface area contributed by atoms with Gasteiger partial charge in [-0.25, -0.2) is 0 Å². The van der Waals surface area contributed by atoms with Gasteiger partial charge in [-0.15, -0.1) is 0 Å². The summed E-state index contributed by atoms with van der Waals surface area (Å²) >= 11 is 6.21. The van der Waals surface area contributed by atoms with Crippen LogP contribution in [-0.2, 0) is 0 Å². The molecule has 0 spiro atoms. The summed E-state index contributed by atoms with van der Waals surface area (Å²) in [7, 11) is 0. The molecule has 2 heteroatoms. The lowest BCUT2D eigenvalue weighted by molar-refractivity contribution is 0.126. The molecule has 19 heavy (non-hydrogen) atoms.